The molecular formula is C17H17BN4O. The van der Waals surface area contributed by atoms with Gasteiger partial charge in [-0.25, -0.2) is 9.67 Å². The fraction of sp³-hybridized carbons (Fsp3) is 0.118. The van der Waals surface area contributed by atoms with Gasteiger partial charge in [0.05, 0.1) is 12.5 Å². The van der Waals surface area contributed by atoms with Crippen LogP contribution in [0, 0.1) is 0 Å². The maximum atomic E-state index is 12.6. The largest absolute Gasteiger partial charge is 0.343 e. The van der Waals surface area contributed by atoms with Gasteiger partial charge in [0.2, 0.25) is 0 Å². The van der Waals surface area contributed by atoms with E-state index in [0.717, 1.165) is 11.2 Å². The van der Waals surface area contributed by atoms with Gasteiger partial charge in [0.1, 0.15) is 5.39 Å². The molecule has 1 aromatic carbocycles. The molecule has 0 atom stereocenters. The van der Waals surface area contributed by atoms with E-state index in [1.54, 1.807) is 21.7 Å². The Balaban J connectivity index is 2.03. The summed E-state index contributed by atoms with van der Waals surface area (Å²) in [4.78, 5) is 17.0. The molecular weight excluding hydrogens is 287 g/mol. The van der Waals surface area contributed by atoms with Gasteiger partial charge in [-0.3, -0.25) is 4.79 Å². The van der Waals surface area contributed by atoms with E-state index in [2.05, 4.69) is 10.1 Å². The molecule has 0 amide bonds. The normalized spacial score (nSPS) is 12.2. The van der Waals surface area contributed by atoms with Crippen LogP contribution in [0.4, 0.5) is 0 Å². The first-order chi connectivity index (χ1) is 11.2. The summed E-state index contributed by atoms with van der Waals surface area (Å²) in [5.74, 6) is 0. The highest BCUT2D eigenvalue weighted by molar-refractivity contribution is 6.51. The third-order valence-electron chi connectivity index (χ3n) is 3.61. The Morgan fingerprint density at radius 2 is 2.04 bits per heavy atom. The molecule has 23 heavy (non-hydrogen) atoms. The minimum absolute atomic E-state index is 0.0797. The average Bonchev–Trinajstić information content (AvgIpc) is 3.01. The summed E-state index contributed by atoms with van der Waals surface area (Å²) >= 11 is 0. The maximum absolute atomic E-state index is 12.6. The highest BCUT2D eigenvalue weighted by Crippen LogP contribution is 2.11. The second kappa shape index (κ2) is 6.48. The van der Waals surface area contributed by atoms with Crippen molar-refractivity contribution in [3.05, 3.63) is 71.4 Å². The highest BCUT2D eigenvalue weighted by Gasteiger charge is 2.11. The van der Waals surface area contributed by atoms with Gasteiger partial charge in [-0.15, -0.1) is 0 Å². The van der Waals surface area contributed by atoms with E-state index in [1.807, 2.05) is 62.4 Å². The Labute approximate surface area is 134 Å². The summed E-state index contributed by atoms with van der Waals surface area (Å²) in [7, 11) is 0.501. The first kappa shape index (κ1) is 15.0. The molecule has 3 rings (SSSR count). The minimum atomic E-state index is -0.0797. The molecule has 0 radical (unpaired) electrons. The van der Waals surface area contributed by atoms with Crippen LogP contribution in [0.1, 0.15) is 13.8 Å². The first-order valence-electron chi connectivity index (χ1n) is 7.47. The fourth-order valence-corrected chi connectivity index (χ4v) is 2.41. The Morgan fingerprint density at radius 1 is 1.26 bits per heavy atom. The second-order valence-electron chi connectivity index (χ2n) is 5.29. The highest BCUT2D eigenvalue weighted by atomic mass is 16.1. The number of rotatable bonds is 4. The van der Waals surface area contributed by atoms with Gasteiger partial charge in [0, 0.05) is 5.70 Å². The molecule has 6 heteroatoms. The van der Waals surface area contributed by atoms with Crippen LogP contribution in [0.15, 0.2) is 65.9 Å². The molecule has 0 saturated heterocycles. The third kappa shape index (κ3) is 3.01. The molecule has 2 aromatic heterocycles. The summed E-state index contributed by atoms with van der Waals surface area (Å²) in [5, 5.41) is 4.82. The molecule has 3 aromatic rings. The van der Waals surface area contributed by atoms with Crippen LogP contribution < -0.4 is 11.0 Å². The number of nitrogens with zero attached hydrogens (tertiary/aromatic N) is 4. The molecule has 0 spiro atoms. The first-order valence-corrected chi connectivity index (χ1v) is 7.47. The summed E-state index contributed by atoms with van der Waals surface area (Å²) in [6.45, 7) is 3.88. The quantitative estimate of drug-likeness (QED) is 0.543. The van der Waals surface area contributed by atoms with Crippen LogP contribution in [0.2, 0.25) is 0 Å². The standard InChI is InChI=1S/C17H17BN4O/c1-3-4-8-13(2)22-16-15(11-20-22)17(23)21(12-19-16)18-14-9-6-5-7-10-14/h3-12,18H,1-2H3/b4-3-,13-8+. The van der Waals surface area contributed by atoms with E-state index in [-0.39, 0.29) is 5.56 Å². The zero-order valence-corrected chi connectivity index (χ0v) is 13.2. The second-order valence-corrected chi connectivity index (χ2v) is 5.29. The van der Waals surface area contributed by atoms with Gasteiger partial charge >= 0.3 is 0 Å². The molecule has 0 aliphatic rings. The summed E-state index contributed by atoms with van der Waals surface area (Å²) in [6.07, 6.45) is 8.97. The van der Waals surface area contributed by atoms with Gasteiger partial charge in [-0.2, -0.15) is 5.10 Å². The number of aromatic nitrogens is 4. The van der Waals surface area contributed by atoms with Gasteiger partial charge in [-0.1, -0.05) is 47.9 Å². The molecule has 2 heterocycles. The van der Waals surface area contributed by atoms with Gasteiger partial charge in [0.25, 0.3) is 13.0 Å². The molecule has 0 unspecified atom stereocenters. The Kier molecular flexibility index (Phi) is 4.23. The number of fused-ring (bicyclic) bond motifs is 1. The van der Waals surface area contributed by atoms with Crippen molar-refractivity contribution < 1.29 is 0 Å². The SMILES string of the molecule is C/C=C\C=C(/C)n1ncc2c(=O)n(Bc3ccccc3)cnc21. The Hall–Kier alpha value is -2.89. The predicted octanol–water partition coefficient (Wildman–Crippen LogP) is 1.55. The van der Waals surface area contributed by atoms with E-state index in [9.17, 15) is 4.79 Å². The molecule has 5 nitrogen and oxygen atoms in total. The topological polar surface area (TPSA) is 52.7 Å². The Bertz CT molecular complexity index is 938. The van der Waals surface area contributed by atoms with Gasteiger partial charge in [-0.05, 0) is 19.9 Å². The molecule has 0 bridgehead atoms. The third-order valence-corrected chi connectivity index (χ3v) is 3.61. The van der Waals surface area contributed by atoms with Crippen LogP contribution in [0.5, 0.6) is 0 Å². The van der Waals surface area contributed by atoms with Crippen molar-refractivity contribution in [3.63, 3.8) is 0 Å². The van der Waals surface area contributed by atoms with Gasteiger partial charge < -0.3 is 4.48 Å². The van der Waals surface area contributed by atoms with Crippen LogP contribution in [-0.2, 0) is 0 Å². The van der Waals surface area contributed by atoms with E-state index >= 15 is 0 Å². The molecule has 0 aliphatic carbocycles. The summed E-state index contributed by atoms with van der Waals surface area (Å²) < 4.78 is 3.29. The molecule has 114 valence electrons. The summed E-state index contributed by atoms with van der Waals surface area (Å²) in [6, 6.07) is 9.85. The van der Waals surface area contributed by atoms with Crippen molar-refractivity contribution in [2.75, 3.05) is 0 Å². The predicted molar refractivity (Wildman–Crippen MR) is 95.2 cm³/mol. The van der Waals surface area contributed by atoms with Crippen molar-refractivity contribution in [2.45, 2.75) is 13.8 Å². The average molecular weight is 304 g/mol. The van der Waals surface area contributed by atoms with E-state index in [1.165, 1.54) is 0 Å². The fourth-order valence-electron chi connectivity index (χ4n) is 2.41. The minimum Gasteiger partial charge on any atom is -0.343 e. The number of benzene rings is 1. The van der Waals surface area contributed by atoms with Crippen LogP contribution in [0.3, 0.4) is 0 Å². The molecule has 0 N–H and O–H groups in total. The van der Waals surface area contributed by atoms with E-state index in [4.69, 9.17) is 0 Å². The van der Waals surface area contributed by atoms with Crippen molar-refractivity contribution in [1.82, 2.24) is 19.2 Å². The molecule has 0 fully saturated rings. The van der Waals surface area contributed by atoms with Crippen molar-refractivity contribution in [3.8, 4) is 0 Å². The lowest BCUT2D eigenvalue weighted by Gasteiger charge is -2.05. The van der Waals surface area contributed by atoms with Gasteiger partial charge in [0.15, 0.2) is 5.65 Å². The lowest BCUT2D eigenvalue weighted by atomic mass is 9.82. The van der Waals surface area contributed by atoms with E-state index < -0.39 is 0 Å². The van der Waals surface area contributed by atoms with Crippen molar-refractivity contribution in [1.29, 1.82) is 0 Å². The van der Waals surface area contributed by atoms with Crippen LogP contribution >= 0.6 is 0 Å². The number of allylic oxidation sites excluding steroid dienone is 4. The smallest absolute Gasteiger partial charge is 0.281 e. The number of hydrogen-bond acceptors (Lipinski definition) is 3. The zero-order chi connectivity index (χ0) is 16.2. The van der Waals surface area contributed by atoms with Crippen LogP contribution in [0.25, 0.3) is 16.7 Å². The molecule has 0 aliphatic heterocycles. The summed E-state index contributed by atoms with van der Waals surface area (Å²) in [5.41, 5.74) is 2.47. The lowest BCUT2D eigenvalue weighted by molar-refractivity contribution is 0.906. The zero-order valence-electron chi connectivity index (χ0n) is 13.2. The van der Waals surface area contributed by atoms with E-state index in [0.29, 0.717) is 18.4 Å². The van der Waals surface area contributed by atoms with Crippen LogP contribution in [-0.4, -0.2) is 26.7 Å². The Morgan fingerprint density at radius 3 is 2.78 bits per heavy atom. The maximum Gasteiger partial charge on any atom is 0.281 e. The lowest BCUT2D eigenvalue weighted by Crippen LogP contribution is -2.32. The number of hydrogen-bond donors (Lipinski definition) is 0. The monoisotopic (exact) mass is 304 g/mol. The molecule has 0 saturated carbocycles. The van der Waals surface area contributed by atoms with Crippen molar-refractivity contribution in [2.24, 2.45) is 0 Å². The van der Waals surface area contributed by atoms with Crippen molar-refractivity contribution >= 4 is 29.6 Å².